The summed E-state index contributed by atoms with van der Waals surface area (Å²) in [5.41, 5.74) is 5.72. The van der Waals surface area contributed by atoms with E-state index in [9.17, 15) is 4.79 Å². The number of hydrogen-bond acceptors (Lipinski definition) is 7. The first-order valence-corrected chi connectivity index (χ1v) is 9.38. The number of thioether (sulfide) groups is 1. The second kappa shape index (κ2) is 6.22. The van der Waals surface area contributed by atoms with Crippen LogP contribution in [0.25, 0.3) is 0 Å². The molecule has 1 aromatic heterocycles. The molecular formula is C15H23ClN6OS. The molecule has 3 rings (SSSR count). The lowest BCUT2D eigenvalue weighted by molar-refractivity contribution is -0.119. The van der Waals surface area contributed by atoms with Crippen LogP contribution in [-0.2, 0) is 4.79 Å². The zero-order chi connectivity index (χ0) is 17.6. The van der Waals surface area contributed by atoms with Gasteiger partial charge in [-0.1, -0.05) is 13.8 Å². The van der Waals surface area contributed by atoms with Gasteiger partial charge in [0.1, 0.15) is 6.04 Å². The van der Waals surface area contributed by atoms with Crippen molar-refractivity contribution in [3.63, 3.8) is 0 Å². The maximum Gasteiger partial charge on any atom is 0.241 e. The Morgan fingerprint density at radius 2 is 2.04 bits per heavy atom. The van der Waals surface area contributed by atoms with Crippen molar-refractivity contribution in [2.75, 3.05) is 10.2 Å². The van der Waals surface area contributed by atoms with E-state index < -0.39 is 6.04 Å². The number of halogens is 1. The van der Waals surface area contributed by atoms with Crippen LogP contribution in [0.1, 0.15) is 40.5 Å². The first-order chi connectivity index (χ1) is 11.2. The Kier molecular flexibility index (Phi) is 4.55. The van der Waals surface area contributed by atoms with Crippen LogP contribution >= 0.6 is 23.4 Å². The molecule has 1 aromatic rings. The normalized spacial score (nSPS) is 26.0. The van der Waals surface area contributed by atoms with Crippen LogP contribution in [0.2, 0.25) is 5.28 Å². The van der Waals surface area contributed by atoms with Gasteiger partial charge in [0.15, 0.2) is 0 Å². The molecule has 1 aliphatic heterocycles. The lowest BCUT2D eigenvalue weighted by Gasteiger charge is -2.31. The van der Waals surface area contributed by atoms with E-state index in [-0.39, 0.29) is 27.2 Å². The van der Waals surface area contributed by atoms with Crippen LogP contribution in [0.5, 0.6) is 0 Å². The molecule has 7 nitrogen and oxygen atoms in total. The molecule has 1 saturated heterocycles. The maximum atomic E-state index is 12.2. The van der Waals surface area contributed by atoms with Gasteiger partial charge in [-0.3, -0.25) is 4.79 Å². The molecule has 2 fully saturated rings. The van der Waals surface area contributed by atoms with Gasteiger partial charge in [0.2, 0.25) is 23.1 Å². The van der Waals surface area contributed by atoms with E-state index in [0.717, 1.165) is 12.8 Å². The van der Waals surface area contributed by atoms with Crippen LogP contribution < -0.4 is 16.0 Å². The van der Waals surface area contributed by atoms with Gasteiger partial charge in [0, 0.05) is 10.8 Å². The average molecular weight is 371 g/mol. The van der Waals surface area contributed by atoms with E-state index >= 15 is 0 Å². The van der Waals surface area contributed by atoms with Gasteiger partial charge in [0.25, 0.3) is 0 Å². The first kappa shape index (κ1) is 17.5. The molecule has 2 unspecified atom stereocenters. The molecule has 1 aliphatic carbocycles. The highest BCUT2D eigenvalue weighted by Gasteiger charge is 2.52. The van der Waals surface area contributed by atoms with Crippen LogP contribution in [-0.4, -0.2) is 43.1 Å². The van der Waals surface area contributed by atoms with E-state index in [1.165, 1.54) is 0 Å². The van der Waals surface area contributed by atoms with Gasteiger partial charge in [-0.2, -0.15) is 15.0 Å². The summed E-state index contributed by atoms with van der Waals surface area (Å²) in [5.74, 6) is 0.754. The molecule has 2 atom stereocenters. The van der Waals surface area contributed by atoms with Crippen molar-refractivity contribution in [3.8, 4) is 0 Å². The highest BCUT2D eigenvalue weighted by molar-refractivity contribution is 8.01. The van der Waals surface area contributed by atoms with Gasteiger partial charge in [-0.25, -0.2) is 0 Å². The molecule has 0 radical (unpaired) electrons. The van der Waals surface area contributed by atoms with Crippen molar-refractivity contribution in [2.45, 2.75) is 62.7 Å². The summed E-state index contributed by atoms with van der Waals surface area (Å²) in [6.07, 6.45) is 2.20. The zero-order valence-electron chi connectivity index (χ0n) is 14.3. The van der Waals surface area contributed by atoms with Crippen molar-refractivity contribution in [2.24, 2.45) is 11.7 Å². The van der Waals surface area contributed by atoms with E-state index in [1.54, 1.807) is 11.8 Å². The van der Waals surface area contributed by atoms with Crippen molar-refractivity contribution >= 4 is 41.2 Å². The highest BCUT2D eigenvalue weighted by Crippen LogP contribution is 2.48. The summed E-state index contributed by atoms with van der Waals surface area (Å²) in [5, 5.41) is 3.38. The van der Waals surface area contributed by atoms with Crippen molar-refractivity contribution in [1.29, 1.82) is 0 Å². The summed E-state index contributed by atoms with van der Waals surface area (Å²) >= 11 is 7.82. The molecule has 2 heterocycles. The second-order valence-corrected chi connectivity index (χ2v) is 9.32. The Hall–Kier alpha value is -1.28. The van der Waals surface area contributed by atoms with Gasteiger partial charge >= 0.3 is 0 Å². The fourth-order valence-electron chi connectivity index (χ4n) is 3.01. The number of carbonyl (C=O) groups is 1. The second-order valence-electron chi connectivity index (χ2n) is 7.21. The first-order valence-electron chi connectivity index (χ1n) is 8.12. The van der Waals surface area contributed by atoms with Crippen LogP contribution in [0.15, 0.2) is 0 Å². The number of nitrogens with one attached hydrogen (secondary N) is 1. The molecule has 132 valence electrons. The van der Waals surface area contributed by atoms with E-state index in [0.29, 0.717) is 17.9 Å². The van der Waals surface area contributed by atoms with E-state index in [1.807, 2.05) is 18.7 Å². The van der Waals surface area contributed by atoms with Gasteiger partial charge in [-0.15, -0.1) is 11.8 Å². The number of anilines is 2. The number of nitrogens with two attached hydrogens (primary N) is 1. The Morgan fingerprint density at radius 1 is 1.38 bits per heavy atom. The fourth-order valence-corrected chi connectivity index (χ4v) is 4.75. The minimum atomic E-state index is -0.512. The Morgan fingerprint density at radius 3 is 2.58 bits per heavy atom. The number of aromatic nitrogens is 3. The van der Waals surface area contributed by atoms with Gasteiger partial charge in [0.05, 0.1) is 5.37 Å². The predicted octanol–water partition coefficient (Wildman–Crippen LogP) is 2.27. The third kappa shape index (κ3) is 3.39. The molecular weight excluding hydrogens is 348 g/mol. The monoisotopic (exact) mass is 370 g/mol. The lowest BCUT2D eigenvalue weighted by atomic mass is 10.0. The minimum Gasteiger partial charge on any atom is -0.368 e. The number of primary amides is 1. The molecule has 0 spiro atoms. The average Bonchev–Trinajstić information content (AvgIpc) is 3.19. The van der Waals surface area contributed by atoms with E-state index in [2.05, 4.69) is 34.1 Å². The summed E-state index contributed by atoms with van der Waals surface area (Å²) in [4.78, 5) is 27.0. The Bertz CT molecular complexity index is 651. The van der Waals surface area contributed by atoms with Crippen LogP contribution in [0.3, 0.4) is 0 Å². The molecule has 3 N–H and O–H groups in total. The Balaban J connectivity index is 2.02. The maximum absolute atomic E-state index is 12.2. The van der Waals surface area contributed by atoms with Crippen molar-refractivity contribution in [3.05, 3.63) is 5.28 Å². The third-order valence-electron chi connectivity index (χ3n) is 4.21. The minimum absolute atomic E-state index is 0.0322. The molecule has 0 bridgehead atoms. The molecule has 1 saturated carbocycles. The molecule has 9 heteroatoms. The number of rotatable bonds is 5. The number of nitrogens with zero attached hydrogens (tertiary/aromatic N) is 4. The highest BCUT2D eigenvalue weighted by atomic mass is 35.5. The van der Waals surface area contributed by atoms with Crippen LogP contribution in [0.4, 0.5) is 11.9 Å². The largest absolute Gasteiger partial charge is 0.368 e. The predicted molar refractivity (Wildman–Crippen MR) is 97.2 cm³/mol. The van der Waals surface area contributed by atoms with Crippen molar-refractivity contribution < 1.29 is 4.79 Å². The molecule has 0 aromatic carbocycles. The fraction of sp³-hybridized carbons (Fsp3) is 0.733. The summed E-state index contributed by atoms with van der Waals surface area (Å²) < 4.78 is -0.343. The lowest BCUT2D eigenvalue weighted by Crippen LogP contribution is -2.52. The molecule has 2 aliphatic rings. The van der Waals surface area contributed by atoms with Gasteiger partial charge < -0.3 is 16.0 Å². The number of hydrogen-bond donors (Lipinski definition) is 2. The van der Waals surface area contributed by atoms with Crippen LogP contribution in [0, 0.1) is 5.92 Å². The quantitative estimate of drug-likeness (QED) is 0.820. The topological polar surface area (TPSA) is 97.0 Å². The summed E-state index contributed by atoms with van der Waals surface area (Å²) in [7, 11) is 0. The third-order valence-corrected chi connectivity index (χ3v) is 6.23. The standard InChI is InChI=1S/C15H23ClN6OS/c1-7(2)11-22(9(10(17)23)15(3,4)24-11)14-20-12(16)19-13(21-14)18-8-5-6-8/h7-9,11H,5-6H2,1-4H3,(H2,17,23)(H,18,19,20,21). The summed E-state index contributed by atoms with van der Waals surface area (Å²) in [6.45, 7) is 8.26. The zero-order valence-corrected chi connectivity index (χ0v) is 15.9. The Labute approximate surface area is 151 Å². The van der Waals surface area contributed by atoms with Crippen molar-refractivity contribution in [1.82, 2.24) is 15.0 Å². The van der Waals surface area contributed by atoms with Gasteiger partial charge in [-0.05, 0) is 44.2 Å². The number of amides is 1. The smallest absolute Gasteiger partial charge is 0.241 e. The molecule has 24 heavy (non-hydrogen) atoms. The summed E-state index contributed by atoms with van der Waals surface area (Å²) in [6, 6.07) is -0.115. The molecule has 1 amide bonds. The number of carbonyl (C=O) groups excluding carboxylic acids is 1. The van der Waals surface area contributed by atoms with E-state index in [4.69, 9.17) is 17.3 Å². The SMILES string of the molecule is CC(C)C1SC(C)(C)C(C(N)=O)N1c1nc(Cl)nc(NC2CC2)n1.